The summed E-state index contributed by atoms with van der Waals surface area (Å²) in [4.78, 5) is 0. The van der Waals surface area contributed by atoms with Gasteiger partial charge < -0.3 is 4.74 Å². The second-order valence-corrected chi connectivity index (χ2v) is 5.87. The second kappa shape index (κ2) is 5.27. The first-order valence-electron chi connectivity index (χ1n) is 4.45. The van der Waals surface area contributed by atoms with Crippen molar-refractivity contribution >= 4 is 11.0 Å². The Bertz CT molecular complexity index is 225. The maximum absolute atomic E-state index is 12.3. The number of nitrogens with one attached hydrogen (secondary N) is 1. The number of ether oxygens (including phenoxy) is 1. The van der Waals surface area contributed by atoms with Crippen LogP contribution in [-0.2, 0) is 15.7 Å². The highest BCUT2D eigenvalue weighted by atomic mass is 32.2. The molecule has 2 atom stereocenters. The van der Waals surface area contributed by atoms with Crippen molar-refractivity contribution in [3.8, 4) is 0 Å². The third-order valence-electron chi connectivity index (χ3n) is 1.40. The van der Waals surface area contributed by atoms with Crippen molar-refractivity contribution in [2.75, 3.05) is 6.61 Å². The smallest absolute Gasteiger partial charge is 0.354 e. The van der Waals surface area contributed by atoms with E-state index >= 15 is 0 Å². The quantitative estimate of drug-likeness (QED) is 0.771. The van der Waals surface area contributed by atoms with Crippen molar-refractivity contribution in [3.63, 3.8) is 0 Å². The Balaban J connectivity index is 4.50. The molecule has 15 heavy (non-hydrogen) atoms. The van der Waals surface area contributed by atoms with Crippen molar-refractivity contribution in [1.82, 2.24) is 4.72 Å². The fourth-order valence-electron chi connectivity index (χ4n) is 0.636. The molecule has 0 aromatic rings. The lowest BCUT2D eigenvalue weighted by Gasteiger charge is -2.25. The molecule has 0 spiro atoms. The van der Waals surface area contributed by atoms with E-state index in [1.807, 2.05) is 4.72 Å². The first-order chi connectivity index (χ1) is 6.59. The van der Waals surface area contributed by atoms with Crippen LogP contribution in [0.5, 0.6) is 0 Å². The molecule has 0 aliphatic rings. The Morgan fingerprint density at radius 2 is 1.80 bits per heavy atom. The SMILES string of the molecule is CCO[C@@H](N[S@@](=O)C(C)(C)C)C(F)(F)F. The molecular weight excluding hydrogens is 231 g/mol. The van der Waals surface area contributed by atoms with Gasteiger partial charge in [-0.1, -0.05) is 0 Å². The molecule has 7 heteroatoms. The van der Waals surface area contributed by atoms with E-state index < -0.39 is 28.1 Å². The molecule has 0 rings (SSSR count). The van der Waals surface area contributed by atoms with Crippen LogP contribution in [0.2, 0.25) is 0 Å². The molecule has 0 saturated heterocycles. The highest BCUT2D eigenvalue weighted by molar-refractivity contribution is 7.84. The largest absolute Gasteiger partial charge is 0.429 e. The maximum Gasteiger partial charge on any atom is 0.429 e. The first kappa shape index (κ1) is 14.9. The van der Waals surface area contributed by atoms with Crippen molar-refractivity contribution in [1.29, 1.82) is 0 Å². The van der Waals surface area contributed by atoms with Crippen molar-refractivity contribution < 1.29 is 22.1 Å². The first-order valence-corrected chi connectivity index (χ1v) is 5.60. The fourth-order valence-corrected chi connectivity index (χ4v) is 1.39. The maximum atomic E-state index is 12.3. The molecule has 0 amide bonds. The summed E-state index contributed by atoms with van der Waals surface area (Å²) in [6.07, 6.45) is -6.74. The van der Waals surface area contributed by atoms with Gasteiger partial charge in [-0.15, -0.1) is 0 Å². The van der Waals surface area contributed by atoms with Crippen LogP contribution in [0.25, 0.3) is 0 Å². The highest BCUT2D eigenvalue weighted by Gasteiger charge is 2.42. The number of halogens is 3. The lowest BCUT2D eigenvalue weighted by molar-refractivity contribution is -0.222. The van der Waals surface area contributed by atoms with Crippen LogP contribution >= 0.6 is 0 Å². The number of alkyl halides is 3. The summed E-state index contributed by atoms with van der Waals surface area (Å²) >= 11 is 0. The van der Waals surface area contributed by atoms with Gasteiger partial charge in [-0.05, 0) is 27.7 Å². The van der Waals surface area contributed by atoms with Crippen LogP contribution in [-0.4, -0.2) is 28.0 Å². The average Bonchev–Trinajstić information content (AvgIpc) is 1.99. The highest BCUT2D eigenvalue weighted by Crippen LogP contribution is 2.22. The van der Waals surface area contributed by atoms with Crippen LogP contribution in [0.1, 0.15) is 27.7 Å². The zero-order chi connectivity index (χ0) is 12.3. The van der Waals surface area contributed by atoms with Crippen LogP contribution in [0.3, 0.4) is 0 Å². The predicted molar refractivity (Wildman–Crippen MR) is 52.5 cm³/mol. The van der Waals surface area contributed by atoms with E-state index in [0.717, 1.165) is 0 Å². The Morgan fingerprint density at radius 3 is 2.07 bits per heavy atom. The van der Waals surface area contributed by atoms with E-state index in [0.29, 0.717) is 0 Å². The molecule has 0 radical (unpaired) electrons. The molecule has 1 N–H and O–H groups in total. The van der Waals surface area contributed by atoms with Crippen LogP contribution in [0.4, 0.5) is 13.2 Å². The van der Waals surface area contributed by atoms with Crippen molar-refractivity contribution in [3.05, 3.63) is 0 Å². The van der Waals surface area contributed by atoms with E-state index in [2.05, 4.69) is 4.74 Å². The Kier molecular flexibility index (Phi) is 5.22. The molecule has 3 nitrogen and oxygen atoms in total. The molecule has 92 valence electrons. The second-order valence-electron chi connectivity index (χ2n) is 3.88. The van der Waals surface area contributed by atoms with E-state index in [1.165, 1.54) is 6.92 Å². The topological polar surface area (TPSA) is 38.3 Å². The summed E-state index contributed by atoms with van der Waals surface area (Å²) in [5.41, 5.74) is 0. The Hall–Kier alpha value is -0.140. The van der Waals surface area contributed by atoms with Gasteiger partial charge in [0, 0.05) is 6.61 Å². The summed E-state index contributed by atoms with van der Waals surface area (Å²) in [7, 11) is -1.81. The molecule has 0 unspecified atom stereocenters. The molecule has 0 aromatic carbocycles. The average molecular weight is 247 g/mol. The van der Waals surface area contributed by atoms with Gasteiger partial charge in [0.2, 0.25) is 6.23 Å². The fraction of sp³-hybridized carbons (Fsp3) is 1.00. The van der Waals surface area contributed by atoms with Crippen LogP contribution < -0.4 is 4.72 Å². The predicted octanol–water partition coefficient (Wildman–Crippen LogP) is 1.96. The van der Waals surface area contributed by atoms with Gasteiger partial charge in [-0.25, -0.2) is 8.93 Å². The molecule has 0 saturated carbocycles. The van der Waals surface area contributed by atoms with Gasteiger partial charge >= 0.3 is 6.18 Å². The third-order valence-corrected chi connectivity index (χ3v) is 2.94. The third kappa shape index (κ3) is 5.48. The lowest BCUT2D eigenvalue weighted by Crippen LogP contribution is -2.49. The van der Waals surface area contributed by atoms with E-state index in [-0.39, 0.29) is 6.61 Å². The Labute approximate surface area is 90.0 Å². The zero-order valence-corrected chi connectivity index (χ0v) is 9.96. The zero-order valence-electron chi connectivity index (χ0n) is 9.14. The van der Waals surface area contributed by atoms with Crippen molar-refractivity contribution in [2.24, 2.45) is 0 Å². The van der Waals surface area contributed by atoms with E-state index in [9.17, 15) is 17.4 Å². The minimum absolute atomic E-state index is 0.0987. The molecule has 0 aliphatic carbocycles. The molecule has 0 aromatic heterocycles. The lowest BCUT2D eigenvalue weighted by atomic mass is 10.3. The number of hydrogen-bond donors (Lipinski definition) is 1. The minimum atomic E-state index is -4.56. The molecule has 0 fully saturated rings. The molecule has 0 heterocycles. The summed E-state index contributed by atoms with van der Waals surface area (Å²) in [6.45, 7) is 6.08. The molecular formula is C8H16F3NO2S. The summed E-state index contributed by atoms with van der Waals surface area (Å²) in [5, 5.41) is 0. The molecule has 0 bridgehead atoms. The van der Waals surface area contributed by atoms with Gasteiger partial charge in [-0.3, -0.25) is 0 Å². The van der Waals surface area contributed by atoms with Crippen molar-refractivity contribution in [2.45, 2.75) is 44.8 Å². The number of hydrogen-bond acceptors (Lipinski definition) is 2. The van der Waals surface area contributed by atoms with E-state index in [4.69, 9.17) is 0 Å². The van der Waals surface area contributed by atoms with Crippen LogP contribution in [0, 0.1) is 0 Å². The summed E-state index contributed by atoms with van der Waals surface area (Å²) in [6, 6.07) is 0. The number of rotatable bonds is 4. The van der Waals surface area contributed by atoms with Gasteiger partial charge in [0.05, 0.1) is 15.7 Å². The minimum Gasteiger partial charge on any atom is -0.354 e. The van der Waals surface area contributed by atoms with Crippen LogP contribution in [0.15, 0.2) is 0 Å². The van der Waals surface area contributed by atoms with Gasteiger partial charge in [0.25, 0.3) is 0 Å². The monoisotopic (exact) mass is 247 g/mol. The standard InChI is InChI=1S/C8H16F3NO2S/c1-5-14-6(8(9,10)11)12-15(13)7(2,3)4/h6,12H,5H2,1-4H3/t6-,15+/m1/s1. The summed E-state index contributed by atoms with van der Waals surface area (Å²) < 4.78 is 54.0. The van der Waals surface area contributed by atoms with Gasteiger partial charge in [-0.2, -0.15) is 13.2 Å². The molecule has 0 aliphatic heterocycles. The van der Waals surface area contributed by atoms with Gasteiger partial charge in [0.15, 0.2) is 0 Å². The van der Waals surface area contributed by atoms with E-state index in [1.54, 1.807) is 20.8 Å². The van der Waals surface area contributed by atoms with Gasteiger partial charge in [0.1, 0.15) is 0 Å². The normalized spacial score (nSPS) is 17.5. The summed E-state index contributed by atoms with van der Waals surface area (Å²) in [5.74, 6) is 0. The Morgan fingerprint density at radius 1 is 1.33 bits per heavy atom.